The zero-order valence-corrected chi connectivity index (χ0v) is 72.6. The number of ether oxygens (including phenoxy) is 9. The molecule has 12 fully saturated rings. The van der Waals surface area contributed by atoms with E-state index in [4.69, 9.17) is 79.7 Å². The summed E-state index contributed by atoms with van der Waals surface area (Å²) in [7, 11) is 10.2. The van der Waals surface area contributed by atoms with Gasteiger partial charge in [0.2, 0.25) is 15.7 Å². The molecule has 38 heteroatoms. The first-order chi connectivity index (χ1) is 62.3. The van der Waals surface area contributed by atoms with Crippen LogP contribution in [0.25, 0.3) is 0 Å². The number of para-hydroxylation sites is 1. The van der Waals surface area contributed by atoms with Crippen LogP contribution >= 0.6 is 15.9 Å². The molecule has 21 atom stereocenters. The van der Waals surface area contributed by atoms with Gasteiger partial charge in [-0.05, 0) is 51.6 Å². The molecular formula is C93H104AlB2BrLiN7O26. The molecule has 12 saturated heterocycles. The molecule has 131 heavy (non-hydrogen) atoms. The molecule has 13 heterocycles. The van der Waals surface area contributed by atoms with Gasteiger partial charge in [0.15, 0.2) is 29.0 Å². The smallest absolute Gasteiger partial charge is 1.00 e. The van der Waals surface area contributed by atoms with Gasteiger partial charge in [0.25, 0.3) is 0 Å². The Bertz CT molecular complexity index is 4980. The predicted molar refractivity (Wildman–Crippen MR) is 475 cm³/mol. The van der Waals surface area contributed by atoms with Crippen molar-refractivity contribution in [3.05, 3.63) is 258 Å². The minimum absolute atomic E-state index is 0. The summed E-state index contributed by atoms with van der Waals surface area (Å²) >= 11 is 3.00. The summed E-state index contributed by atoms with van der Waals surface area (Å²) in [5.41, 5.74) is 12.0. The Balaban J connectivity index is 0.000000170. The van der Waals surface area contributed by atoms with E-state index < -0.39 is 83.7 Å². The molecule has 10 N–H and O–H groups in total. The van der Waals surface area contributed by atoms with Crippen molar-refractivity contribution in [2.24, 2.45) is 64.9 Å². The first kappa shape index (κ1) is 102. The number of morpholine rings is 2. The van der Waals surface area contributed by atoms with Crippen LogP contribution in [0.15, 0.2) is 224 Å². The second-order valence-corrected chi connectivity index (χ2v) is 32.8. The van der Waals surface area contributed by atoms with Gasteiger partial charge in [-0.1, -0.05) is 216 Å². The van der Waals surface area contributed by atoms with E-state index >= 15 is 0 Å². The summed E-state index contributed by atoms with van der Waals surface area (Å²) in [6.07, 6.45) is 1.77. The number of carboxylic acid groups (broad SMARTS) is 3. The first-order valence-corrected chi connectivity index (χ1v) is 43.3. The number of aliphatic hydroxyl groups is 2. The number of rotatable bonds is 13. The Morgan fingerprint density at radius 2 is 0.977 bits per heavy atom. The standard InChI is InChI=1S/C21H19NO4.C16H15NO2.C14H15NO.C8H8BNO5.C8H10BNO4.C8H7BrO2.C7H9NO4.C7H13NO2.C4H4O2.Al.Li.4H/c23-20-15-11-22-17(13-7-3-1-4-8-13)19(14-9-5-2-6-10-14)26-21(24)18(22)16(15)12-25-20;18-14-11-17-15(12-7-3-1-4-8-12)16(19-14)13-9-5-2-6-10-13;15-13(11-7-3-1-4-8-11)14(16)12-9-5-2-6-10-12;9-8(14)10-1-3-4(2-15-7(3)13)5(10)6(11)12;9-8(13)10-1-4-2-14-3-5(4)6(10)7(11)12;9-6-8(10)11-7-4-2-1-3-5-7;9-6(10)5-4-2-12-7(11)3(4)1-8-5;9-2-7-6-4-10-3-5(6)1-8-7;5-4-2-1-3-6-4;;;;;;/h1-10,15-19H,11-12H2;1-10,15-17H,11H2;1-10,13-14,16H,15H2;3-5H,1-2H2,(H,11,12);4-6H,1-3H2,(H,11,12);1-5H,6H2;3-5,8H,1-2H2,(H,9,10);5-9H,1-4H2;1-2H,3H2;;;;;;/q;;;;;;;;;;+1;;;;-1/t15-,16-,17-,18-,19+;15-,16+;13-,14+;3-,4-,5-;4-,5+,6+;;3-,4-,5-;5-,6+,7-;;;;;;;/m00001.01......./s1. The molecule has 0 aromatic heterocycles. The van der Waals surface area contributed by atoms with E-state index in [1.165, 1.54) is 11.0 Å². The van der Waals surface area contributed by atoms with Gasteiger partial charge in [-0.15, -0.1) is 0 Å². The van der Waals surface area contributed by atoms with Gasteiger partial charge in [-0.3, -0.25) is 53.4 Å². The molecule has 0 spiro atoms. The fourth-order valence-electron chi connectivity index (χ4n) is 17.9. The van der Waals surface area contributed by atoms with Crippen molar-refractivity contribution in [1.29, 1.82) is 0 Å². The number of carbonyl (C=O) groups excluding carboxylic acids is 9. The van der Waals surface area contributed by atoms with Crippen molar-refractivity contribution >= 4 is 120 Å². The number of nitrogens with zero attached hydrogens (tertiary/aromatic N) is 3. The average Bonchev–Trinajstić information content (AvgIpc) is 1.58. The number of benzene rings is 7. The number of amides is 2. The number of esters is 7. The van der Waals surface area contributed by atoms with Crippen LogP contribution in [-0.4, -0.2) is 279 Å². The Morgan fingerprint density at radius 3 is 1.50 bits per heavy atom. The second kappa shape index (κ2) is 49.7. The van der Waals surface area contributed by atoms with E-state index in [0.29, 0.717) is 69.7 Å². The third-order valence-electron chi connectivity index (χ3n) is 24.4. The number of carboxylic acids is 3. The predicted octanol–water partition coefficient (Wildman–Crippen LogP) is 1.74. The molecular weight excluding hydrogens is 1770 g/mol. The fourth-order valence-corrected chi connectivity index (χ4v) is 18.1. The number of hydrogen-bond acceptors (Lipinski definition) is 28. The third kappa shape index (κ3) is 26.2. The minimum Gasteiger partial charge on any atom is -1.00 e. The summed E-state index contributed by atoms with van der Waals surface area (Å²) in [4.78, 5) is 138. The second-order valence-electron chi connectivity index (χ2n) is 32.2. The van der Waals surface area contributed by atoms with Crippen molar-refractivity contribution in [1.82, 2.24) is 30.7 Å². The number of carbonyl (C=O) groups is 12. The van der Waals surface area contributed by atoms with Crippen LogP contribution in [0.1, 0.15) is 71.2 Å². The Kier molecular flexibility index (Phi) is 38.8. The number of alkyl halides is 1. The summed E-state index contributed by atoms with van der Waals surface area (Å²) in [5.74, 6) is -6.34. The van der Waals surface area contributed by atoms with E-state index in [1.54, 1.807) is 18.2 Å². The number of fused-ring (bicyclic) bond motifs is 7. The van der Waals surface area contributed by atoms with Gasteiger partial charge in [-0.25, -0.2) is 14.4 Å². The van der Waals surface area contributed by atoms with Crippen LogP contribution in [0, 0.1) is 59.2 Å². The van der Waals surface area contributed by atoms with E-state index in [-0.39, 0.29) is 171 Å². The van der Waals surface area contributed by atoms with Gasteiger partial charge in [-0.2, -0.15) is 0 Å². The number of likely N-dealkylation sites (tertiary alicyclic amines) is 2. The van der Waals surface area contributed by atoms with Crippen molar-refractivity contribution in [2.45, 2.75) is 66.6 Å². The molecule has 684 valence electrons. The summed E-state index contributed by atoms with van der Waals surface area (Å²) in [6.45, 7) is 6.64. The van der Waals surface area contributed by atoms with Crippen LogP contribution in [0.4, 0.5) is 9.59 Å². The monoisotopic (exact) mass is 1870 g/mol. The quantitative estimate of drug-likeness (QED) is 0.0261. The number of aliphatic carboxylic acids is 3. The van der Waals surface area contributed by atoms with Crippen LogP contribution in [0.3, 0.4) is 0 Å². The molecule has 33 nitrogen and oxygen atoms in total. The molecule has 7 aromatic rings. The SMILES string of the molecule is N[C@@H](c1ccccc1)[C@H](O)c1ccccc1.O=C(CBr)Oc1ccccc1.O=C1C=CCO1.O=C1CN[C@@H](c2ccccc2)[C@@H](c2ccccc2)O1.O=C1OC[C@H]2[C@@H]1CN1[C@@H]2C(=O)O[C@H](c2ccccc2)[C@@H]1c1ccccc1.O=C1OC[C@H]2[C@@H]1CN[C@@H]2C(=O)O.OC[C@H]1NC[C@@H]2COC[C@@H]21.[AlH3].[B]C(=O)N1C[C@@H]2C(=O)OC[C@@H]2[C@H]1C(=O)O.[B]C(=O)N1C[C@@H]2COC[C@@H]2[C@H]1C(=O)O.[H-].[Li+]. The molecule has 13 aliphatic rings. The summed E-state index contributed by atoms with van der Waals surface area (Å²) in [5, 5.41) is 55.2. The largest absolute Gasteiger partial charge is 1.00 e. The molecule has 7 aromatic carbocycles. The molecule has 4 radical (unpaired) electrons. The molecule has 0 aliphatic carbocycles. The van der Waals surface area contributed by atoms with Crippen molar-refractivity contribution < 1.29 is 146 Å². The normalized spacial score (nSPS) is 28.1. The van der Waals surface area contributed by atoms with Crippen molar-refractivity contribution in [3.63, 3.8) is 0 Å². The van der Waals surface area contributed by atoms with Crippen LogP contribution in [0.2, 0.25) is 0 Å². The van der Waals surface area contributed by atoms with Gasteiger partial charge >= 0.3 is 78.6 Å². The zero-order chi connectivity index (χ0) is 91.8. The van der Waals surface area contributed by atoms with Crippen LogP contribution in [-0.2, 0) is 85.8 Å². The Morgan fingerprint density at radius 1 is 0.496 bits per heavy atom. The van der Waals surface area contributed by atoms with Crippen LogP contribution in [0.5, 0.6) is 5.75 Å². The molecule has 20 rings (SSSR count). The van der Waals surface area contributed by atoms with E-state index in [9.17, 15) is 62.6 Å². The maximum Gasteiger partial charge on any atom is 1.00 e. The first-order valence-electron chi connectivity index (χ1n) is 42.1. The number of hydrogen-bond donors (Lipinski definition) is 9. The maximum absolute atomic E-state index is 12.9. The number of aliphatic hydroxyl groups excluding tert-OH is 2. The van der Waals surface area contributed by atoms with Gasteiger partial charge < -0.3 is 95.8 Å². The Labute approximate surface area is 791 Å². The molecule has 13 aliphatic heterocycles. The van der Waals surface area contributed by atoms with Crippen molar-refractivity contribution in [3.8, 4) is 5.75 Å². The number of nitrogens with one attached hydrogen (secondary N) is 3. The molecule has 0 saturated carbocycles. The van der Waals surface area contributed by atoms with E-state index in [0.717, 1.165) is 58.0 Å². The number of halogens is 1. The van der Waals surface area contributed by atoms with Gasteiger partial charge in [0.1, 0.15) is 54.1 Å². The Hall–Kier alpha value is -10.7. The maximum atomic E-state index is 12.9. The van der Waals surface area contributed by atoms with Crippen molar-refractivity contribution in [2.75, 3.05) is 104 Å². The molecule has 2 amide bonds. The number of cyclic esters (lactones) is 6. The van der Waals surface area contributed by atoms with Gasteiger partial charge in [0, 0.05) is 86.3 Å². The van der Waals surface area contributed by atoms with E-state index in [2.05, 4.69) is 53.6 Å². The van der Waals surface area contributed by atoms with E-state index in [1.807, 2.05) is 188 Å². The fraction of sp³-hybridized carbons (Fsp3) is 0.398. The van der Waals surface area contributed by atoms with Crippen LogP contribution < -0.4 is 45.3 Å². The molecule has 0 bridgehead atoms. The van der Waals surface area contributed by atoms with Gasteiger partial charge in [0.05, 0.1) is 101 Å². The average molecular weight is 1870 g/mol. The molecule has 0 unspecified atom stereocenters. The zero-order valence-electron chi connectivity index (χ0n) is 72.1. The third-order valence-corrected chi connectivity index (χ3v) is 24.9. The minimum atomic E-state index is -1.15. The summed E-state index contributed by atoms with van der Waals surface area (Å²) < 4.78 is 45.9. The topological polar surface area (TPSA) is 461 Å². The number of nitrogens with two attached hydrogens (primary N) is 1. The summed E-state index contributed by atoms with van der Waals surface area (Å²) in [6, 6.07) is 64.8.